The van der Waals surface area contributed by atoms with Crippen LogP contribution in [0.4, 0.5) is 0 Å². The molecule has 0 radical (unpaired) electrons. The number of rotatable bonds is 26. The van der Waals surface area contributed by atoms with Gasteiger partial charge in [-0.3, -0.25) is 0 Å². The summed E-state index contributed by atoms with van der Waals surface area (Å²) in [5, 5.41) is 51.8. The lowest BCUT2D eigenvalue weighted by molar-refractivity contribution is -0.114. The van der Waals surface area contributed by atoms with E-state index in [0.717, 1.165) is 32.3 Å². The van der Waals surface area contributed by atoms with Gasteiger partial charge in [-0.15, -0.1) is 0 Å². The topological polar surface area (TPSA) is 122 Å². The molecule has 0 saturated carbocycles. The Labute approximate surface area is 209 Å². The maximum absolute atomic E-state index is 10.2. The molecule has 0 aromatic carbocycles. The molecule has 0 aliphatic rings. The number of hydrogen-bond acceptors (Lipinski definition) is 7. The van der Waals surface area contributed by atoms with Crippen LogP contribution in [0.3, 0.4) is 0 Å². The standard InChI is InChI=1S/C27H57NO6/c1-3-5-7-9-11-12-14-16-19-34-20-18-23(17-15-13-10-8-6-4-2)28-21-24(30)26(32)27(33)25(31)22-29/h23-33H,3-22H2,1-2H3/t23?,24-,25+,26+,27+/m0/s1. The van der Waals surface area contributed by atoms with Gasteiger partial charge in [-0.1, -0.05) is 97.3 Å². The predicted molar refractivity (Wildman–Crippen MR) is 139 cm³/mol. The molecule has 0 fully saturated rings. The van der Waals surface area contributed by atoms with Gasteiger partial charge >= 0.3 is 0 Å². The predicted octanol–water partition coefficient (Wildman–Crippen LogP) is 3.68. The van der Waals surface area contributed by atoms with Gasteiger partial charge in [0.1, 0.15) is 18.3 Å². The molecule has 206 valence electrons. The van der Waals surface area contributed by atoms with E-state index >= 15 is 0 Å². The van der Waals surface area contributed by atoms with Crippen molar-refractivity contribution in [3.63, 3.8) is 0 Å². The Hall–Kier alpha value is -0.280. The molecule has 34 heavy (non-hydrogen) atoms. The second-order valence-corrected chi connectivity index (χ2v) is 9.84. The van der Waals surface area contributed by atoms with Crippen molar-refractivity contribution >= 4 is 0 Å². The van der Waals surface area contributed by atoms with E-state index < -0.39 is 31.0 Å². The maximum Gasteiger partial charge on any atom is 0.111 e. The Morgan fingerprint density at radius 2 is 1.09 bits per heavy atom. The van der Waals surface area contributed by atoms with Gasteiger partial charge in [-0.2, -0.15) is 0 Å². The fourth-order valence-corrected chi connectivity index (χ4v) is 4.16. The van der Waals surface area contributed by atoms with Crippen molar-refractivity contribution in [2.75, 3.05) is 26.4 Å². The van der Waals surface area contributed by atoms with Crippen LogP contribution in [0.5, 0.6) is 0 Å². The zero-order valence-corrected chi connectivity index (χ0v) is 22.2. The number of aliphatic hydroxyl groups is 5. The first-order valence-corrected chi connectivity index (χ1v) is 14.1. The summed E-state index contributed by atoms with van der Waals surface area (Å²) in [7, 11) is 0. The van der Waals surface area contributed by atoms with Gasteiger partial charge in [0.15, 0.2) is 0 Å². The van der Waals surface area contributed by atoms with Crippen molar-refractivity contribution in [1.82, 2.24) is 5.32 Å². The van der Waals surface area contributed by atoms with Crippen molar-refractivity contribution in [3.8, 4) is 0 Å². The molecule has 0 rings (SSSR count). The first-order valence-electron chi connectivity index (χ1n) is 14.1. The Morgan fingerprint density at radius 3 is 1.65 bits per heavy atom. The third kappa shape index (κ3) is 19.0. The Balaban J connectivity index is 4.20. The van der Waals surface area contributed by atoms with Crippen LogP contribution in [0.1, 0.15) is 117 Å². The van der Waals surface area contributed by atoms with Crippen LogP contribution in [0.15, 0.2) is 0 Å². The summed E-state index contributed by atoms with van der Waals surface area (Å²) in [4.78, 5) is 0. The number of ether oxygens (including phenoxy) is 1. The molecular weight excluding hydrogens is 434 g/mol. The van der Waals surface area contributed by atoms with Crippen molar-refractivity contribution in [3.05, 3.63) is 0 Å². The maximum atomic E-state index is 10.2. The van der Waals surface area contributed by atoms with Crippen LogP contribution in [0.25, 0.3) is 0 Å². The van der Waals surface area contributed by atoms with Gasteiger partial charge in [0.2, 0.25) is 0 Å². The summed E-state index contributed by atoms with van der Waals surface area (Å²) in [5.74, 6) is 0. The molecular formula is C27H57NO6. The molecule has 6 N–H and O–H groups in total. The molecule has 0 aliphatic heterocycles. The van der Waals surface area contributed by atoms with E-state index in [-0.39, 0.29) is 12.6 Å². The van der Waals surface area contributed by atoms with Crippen LogP contribution >= 0.6 is 0 Å². The number of aliphatic hydroxyl groups excluding tert-OH is 5. The highest BCUT2D eigenvalue weighted by Gasteiger charge is 2.30. The molecule has 0 amide bonds. The lowest BCUT2D eigenvalue weighted by Crippen LogP contribution is -2.50. The average Bonchev–Trinajstić information content (AvgIpc) is 2.85. The summed E-state index contributed by atoms with van der Waals surface area (Å²) in [5.41, 5.74) is 0. The highest BCUT2D eigenvalue weighted by molar-refractivity contribution is 4.82. The van der Waals surface area contributed by atoms with E-state index in [1.807, 2.05) is 0 Å². The molecule has 5 atom stereocenters. The average molecular weight is 492 g/mol. The van der Waals surface area contributed by atoms with E-state index in [2.05, 4.69) is 19.2 Å². The zero-order chi connectivity index (χ0) is 25.4. The van der Waals surface area contributed by atoms with Crippen molar-refractivity contribution in [2.45, 2.75) is 147 Å². The Kier molecular flexibility index (Phi) is 24.2. The van der Waals surface area contributed by atoms with E-state index in [4.69, 9.17) is 9.84 Å². The minimum absolute atomic E-state index is 0.106. The summed E-state index contributed by atoms with van der Waals surface area (Å²) >= 11 is 0. The number of hydrogen-bond donors (Lipinski definition) is 6. The van der Waals surface area contributed by atoms with Crippen LogP contribution in [0, 0.1) is 0 Å². The molecule has 7 nitrogen and oxygen atoms in total. The van der Waals surface area contributed by atoms with Gasteiger partial charge < -0.3 is 35.6 Å². The van der Waals surface area contributed by atoms with E-state index in [0.29, 0.717) is 6.61 Å². The summed E-state index contributed by atoms with van der Waals surface area (Å²) in [6, 6.07) is 0.159. The highest BCUT2D eigenvalue weighted by Crippen LogP contribution is 2.12. The van der Waals surface area contributed by atoms with Gasteiger partial charge in [-0.25, -0.2) is 0 Å². The molecule has 0 saturated heterocycles. The van der Waals surface area contributed by atoms with Crippen LogP contribution in [-0.2, 0) is 4.74 Å². The molecule has 0 spiro atoms. The largest absolute Gasteiger partial charge is 0.394 e. The minimum atomic E-state index is -1.59. The van der Waals surface area contributed by atoms with Crippen LogP contribution in [0.2, 0.25) is 0 Å². The molecule has 0 aliphatic carbocycles. The van der Waals surface area contributed by atoms with Gasteiger partial charge in [0, 0.05) is 25.8 Å². The van der Waals surface area contributed by atoms with Crippen molar-refractivity contribution < 1.29 is 30.3 Å². The lowest BCUT2D eigenvalue weighted by atomic mass is 10.0. The summed E-state index contributed by atoms with van der Waals surface area (Å²) in [6.07, 6.45) is 13.5. The second-order valence-electron chi connectivity index (χ2n) is 9.84. The highest BCUT2D eigenvalue weighted by atomic mass is 16.5. The Bertz CT molecular complexity index is 415. The first-order chi connectivity index (χ1) is 16.5. The Morgan fingerprint density at radius 1 is 0.588 bits per heavy atom. The lowest BCUT2D eigenvalue weighted by Gasteiger charge is -2.27. The fraction of sp³-hybridized carbons (Fsp3) is 1.00. The molecule has 1 unspecified atom stereocenters. The third-order valence-corrected chi connectivity index (χ3v) is 6.60. The number of unbranched alkanes of at least 4 members (excludes halogenated alkanes) is 12. The van der Waals surface area contributed by atoms with E-state index in [1.165, 1.54) is 77.0 Å². The smallest absolute Gasteiger partial charge is 0.111 e. The van der Waals surface area contributed by atoms with Gasteiger partial charge in [0.25, 0.3) is 0 Å². The second kappa shape index (κ2) is 24.4. The SMILES string of the molecule is CCCCCCCCCCOCCC(CCCCCCCC)NC[C@H](O)[C@@H](O)[C@H](O)[C@H](O)CO. The molecule has 0 aromatic rings. The summed E-state index contributed by atoms with van der Waals surface area (Å²) in [6.45, 7) is 5.33. The molecule has 0 heterocycles. The monoisotopic (exact) mass is 491 g/mol. The van der Waals surface area contributed by atoms with Gasteiger partial charge in [-0.05, 0) is 19.3 Å². The minimum Gasteiger partial charge on any atom is -0.394 e. The fourth-order valence-electron chi connectivity index (χ4n) is 4.16. The van der Waals surface area contributed by atoms with Crippen molar-refractivity contribution in [2.24, 2.45) is 0 Å². The van der Waals surface area contributed by atoms with Crippen LogP contribution in [-0.4, -0.2) is 82.4 Å². The van der Waals surface area contributed by atoms with Gasteiger partial charge in [0.05, 0.1) is 12.7 Å². The van der Waals surface area contributed by atoms with E-state index in [1.54, 1.807) is 0 Å². The third-order valence-electron chi connectivity index (χ3n) is 6.60. The number of nitrogens with one attached hydrogen (secondary N) is 1. The molecule has 0 bridgehead atoms. The normalized spacial score (nSPS) is 16.3. The molecule has 7 heteroatoms. The van der Waals surface area contributed by atoms with Crippen LogP contribution < -0.4 is 5.32 Å². The summed E-state index contributed by atoms with van der Waals surface area (Å²) < 4.78 is 5.85. The quantitative estimate of drug-likeness (QED) is 0.102. The zero-order valence-electron chi connectivity index (χ0n) is 22.2. The van der Waals surface area contributed by atoms with Crippen molar-refractivity contribution in [1.29, 1.82) is 0 Å². The van der Waals surface area contributed by atoms with E-state index in [9.17, 15) is 20.4 Å². The first kappa shape index (κ1) is 33.7. The molecule has 0 aromatic heterocycles.